The molecule has 1 N–H and O–H groups in total. The Hall–Kier alpha value is -2.93. The van der Waals surface area contributed by atoms with Crippen LogP contribution >= 0.6 is 11.3 Å². The Kier molecular flexibility index (Phi) is 7.83. The Balaban J connectivity index is 1.62. The fourth-order valence-corrected chi connectivity index (χ4v) is 5.91. The maximum Gasteiger partial charge on any atom is 0.264 e. The fourth-order valence-electron chi connectivity index (χ4n) is 4.76. The van der Waals surface area contributed by atoms with Gasteiger partial charge in [-0.1, -0.05) is 25.3 Å². The topological polar surface area (TPSA) is 71.5 Å². The van der Waals surface area contributed by atoms with E-state index in [-0.39, 0.29) is 11.8 Å². The molecule has 2 amide bonds. The van der Waals surface area contributed by atoms with Crippen molar-refractivity contribution < 1.29 is 14.3 Å². The molecule has 0 spiro atoms. The zero-order valence-electron chi connectivity index (χ0n) is 20.2. The summed E-state index contributed by atoms with van der Waals surface area (Å²) in [6.45, 7) is 3.20. The van der Waals surface area contributed by atoms with E-state index in [1.54, 1.807) is 31.7 Å². The Bertz CT molecular complexity index is 1170. The average Bonchev–Trinajstić information content (AvgIpc) is 3.22. The number of aryl methyl sites for hydroxylation is 1. The summed E-state index contributed by atoms with van der Waals surface area (Å²) in [5, 5.41) is 3.76. The van der Waals surface area contributed by atoms with Gasteiger partial charge in [-0.2, -0.15) is 0 Å². The smallest absolute Gasteiger partial charge is 0.264 e. The van der Waals surface area contributed by atoms with Gasteiger partial charge in [0.15, 0.2) is 0 Å². The van der Waals surface area contributed by atoms with E-state index in [2.05, 4.69) is 28.5 Å². The first-order valence-corrected chi connectivity index (χ1v) is 12.8. The molecule has 4 rings (SSSR count). The molecule has 0 bridgehead atoms. The van der Waals surface area contributed by atoms with Gasteiger partial charge >= 0.3 is 0 Å². The third-order valence-electron chi connectivity index (χ3n) is 6.79. The summed E-state index contributed by atoms with van der Waals surface area (Å²) in [7, 11) is 3.27. The number of nitrogens with one attached hydrogen (secondary N) is 1. The number of methoxy groups -OCH3 is 1. The number of benzene rings is 1. The number of rotatable bonds is 8. The van der Waals surface area contributed by atoms with Crippen molar-refractivity contribution in [1.29, 1.82) is 0 Å². The van der Waals surface area contributed by atoms with Crippen molar-refractivity contribution in [2.45, 2.75) is 45.4 Å². The molecule has 0 saturated heterocycles. The standard InChI is InChI=1S/C27H33N3O3S/c1-18-23-14-20(21-13-22(33-3)16-29-15-21)9-10-24(23)34-26(18)27(32)30(12-11-25(31)28-2)17-19-7-5-4-6-8-19/h9-10,13-16,19H,4-8,11-12,17H2,1-3H3,(H,28,31). The third kappa shape index (κ3) is 5.41. The predicted molar refractivity (Wildman–Crippen MR) is 138 cm³/mol. The highest BCUT2D eigenvalue weighted by Gasteiger charge is 2.25. The molecule has 2 heterocycles. The van der Waals surface area contributed by atoms with Crippen LogP contribution in [-0.2, 0) is 4.79 Å². The number of aromatic nitrogens is 1. The molecule has 180 valence electrons. The van der Waals surface area contributed by atoms with Crippen molar-refractivity contribution >= 4 is 33.2 Å². The van der Waals surface area contributed by atoms with E-state index in [4.69, 9.17) is 4.74 Å². The molecule has 1 fully saturated rings. The second kappa shape index (κ2) is 11.0. The highest BCUT2D eigenvalue weighted by Crippen LogP contribution is 2.36. The monoisotopic (exact) mass is 479 g/mol. The number of nitrogens with zero attached hydrogens (tertiary/aromatic N) is 2. The van der Waals surface area contributed by atoms with Gasteiger partial charge in [-0.25, -0.2) is 0 Å². The summed E-state index contributed by atoms with van der Waals surface area (Å²) >= 11 is 1.54. The van der Waals surface area contributed by atoms with Crippen LogP contribution in [0.4, 0.5) is 0 Å². The molecule has 1 aromatic carbocycles. The number of hydrogen-bond donors (Lipinski definition) is 1. The molecule has 2 aromatic heterocycles. The van der Waals surface area contributed by atoms with E-state index >= 15 is 0 Å². The average molecular weight is 480 g/mol. The van der Waals surface area contributed by atoms with E-state index in [0.29, 0.717) is 24.6 Å². The van der Waals surface area contributed by atoms with Gasteiger partial charge in [0.05, 0.1) is 18.2 Å². The molecule has 1 saturated carbocycles. The lowest BCUT2D eigenvalue weighted by Gasteiger charge is -2.29. The number of hydrogen-bond acceptors (Lipinski definition) is 5. The van der Waals surface area contributed by atoms with Crippen molar-refractivity contribution in [2.24, 2.45) is 5.92 Å². The molecular weight excluding hydrogens is 446 g/mol. The van der Waals surface area contributed by atoms with E-state index in [1.807, 2.05) is 24.1 Å². The highest BCUT2D eigenvalue weighted by molar-refractivity contribution is 7.21. The molecule has 0 atom stereocenters. The maximum atomic E-state index is 13.7. The Labute approximate surface area is 205 Å². The van der Waals surface area contributed by atoms with Gasteiger partial charge < -0.3 is 15.0 Å². The minimum Gasteiger partial charge on any atom is -0.495 e. The molecular formula is C27H33N3O3S. The van der Waals surface area contributed by atoms with Crippen LogP contribution in [0, 0.1) is 12.8 Å². The predicted octanol–water partition coefficient (Wildman–Crippen LogP) is 5.44. The van der Waals surface area contributed by atoms with Gasteiger partial charge in [0.2, 0.25) is 5.91 Å². The lowest BCUT2D eigenvalue weighted by Crippen LogP contribution is -2.38. The van der Waals surface area contributed by atoms with Crippen LogP contribution in [-0.4, -0.2) is 48.9 Å². The zero-order valence-corrected chi connectivity index (χ0v) is 21.0. The first-order chi connectivity index (χ1) is 16.5. The fraction of sp³-hybridized carbons (Fsp3) is 0.444. The second-order valence-corrected chi connectivity index (χ2v) is 10.1. The quantitative estimate of drug-likeness (QED) is 0.467. The number of thiophene rings is 1. The first-order valence-electron chi connectivity index (χ1n) is 12.0. The van der Waals surface area contributed by atoms with Gasteiger partial charge in [-0.3, -0.25) is 14.6 Å². The van der Waals surface area contributed by atoms with Crippen LogP contribution in [0.5, 0.6) is 5.75 Å². The van der Waals surface area contributed by atoms with Crippen molar-refractivity contribution in [2.75, 3.05) is 27.2 Å². The van der Waals surface area contributed by atoms with Gasteiger partial charge in [-0.05, 0) is 60.4 Å². The van der Waals surface area contributed by atoms with E-state index < -0.39 is 0 Å². The van der Waals surface area contributed by atoms with Crippen molar-refractivity contribution in [3.8, 4) is 16.9 Å². The first kappa shape index (κ1) is 24.2. The van der Waals surface area contributed by atoms with E-state index in [9.17, 15) is 9.59 Å². The Morgan fingerprint density at radius 2 is 1.94 bits per heavy atom. The number of carbonyl (C=O) groups is 2. The summed E-state index contributed by atoms with van der Waals surface area (Å²) in [5.74, 6) is 1.23. The third-order valence-corrected chi connectivity index (χ3v) is 8.05. The number of amides is 2. The van der Waals surface area contributed by atoms with Crippen LogP contribution in [0.3, 0.4) is 0 Å². The number of ether oxygens (including phenoxy) is 1. The normalized spacial score (nSPS) is 14.2. The number of carbonyl (C=O) groups excluding carboxylic acids is 2. The van der Waals surface area contributed by atoms with Gasteiger partial charge in [0.25, 0.3) is 5.91 Å². The second-order valence-electron chi connectivity index (χ2n) is 9.06. The molecule has 1 aliphatic rings. The molecule has 3 aromatic rings. The van der Waals surface area contributed by atoms with E-state index in [0.717, 1.165) is 51.0 Å². The van der Waals surface area contributed by atoms with Crippen LogP contribution < -0.4 is 10.1 Å². The molecule has 7 heteroatoms. The summed E-state index contributed by atoms with van der Waals surface area (Å²) in [5.41, 5.74) is 3.01. The lowest BCUT2D eigenvalue weighted by molar-refractivity contribution is -0.120. The van der Waals surface area contributed by atoms with E-state index in [1.165, 1.54) is 19.3 Å². The van der Waals surface area contributed by atoms with Crippen molar-refractivity contribution in [3.63, 3.8) is 0 Å². The van der Waals surface area contributed by atoms with Crippen LogP contribution in [0.2, 0.25) is 0 Å². The van der Waals surface area contributed by atoms with Crippen molar-refractivity contribution in [3.05, 3.63) is 47.1 Å². The minimum atomic E-state index is -0.0361. The SMILES string of the molecule is CNC(=O)CCN(CC1CCCCC1)C(=O)c1sc2ccc(-c3cncc(OC)c3)cc2c1C. The van der Waals surface area contributed by atoms with Gasteiger partial charge in [-0.15, -0.1) is 11.3 Å². The summed E-state index contributed by atoms with van der Waals surface area (Å²) in [6.07, 6.45) is 9.89. The molecule has 1 aliphatic carbocycles. The highest BCUT2D eigenvalue weighted by atomic mass is 32.1. The minimum absolute atomic E-state index is 0.0361. The number of pyridine rings is 1. The maximum absolute atomic E-state index is 13.7. The Morgan fingerprint density at radius 1 is 1.15 bits per heavy atom. The lowest BCUT2D eigenvalue weighted by atomic mass is 9.89. The van der Waals surface area contributed by atoms with Crippen LogP contribution in [0.15, 0.2) is 36.7 Å². The largest absolute Gasteiger partial charge is 0.495 e. The van der Waals surface area contributed by atoms with Crippen LogP contribution in [0.25, 0.3) is 21.2 Å². The zero-order chi connectivity index (χ0) is 24.1. The summed E-state index contributed by atoms with van der Waals surface area (Å²) in [4.78, 5) is 32.6. The molecule has 34 heavy (non-hydrogen) atoms. The molecule has 0 aliphatic heterocycles. The summed E-state index contributed by atoms with van der Waals surface area (Å²) < 4.78 is 6.41. The van der Waals surface area contributed by atoms with Crippen LogP contribution in [0.1, 0.15) is 53.8 Å². The molecule has 0 radical (unpaired) electrons. The summed E-state index contributed by atoms with van der Waals surface area (Å²) in [6, 6.07) is 8.24. The van der Waals surface area contributed by atoms with Gasteiger partial charge in [0, 0.05) is 43.0 Å². The molecule has 0 unspecified atom stereocenters. The molecule has 6 nitrogen and oxygen atoms in total. The Morgan fingerprint density at radius 3 is 2.68 bits per heavy atom. The number of fused-ring (bicyclic) bond motifs is 1. The van der Waals surface area contributed by atoms with Crippen molar-refractivity contribution in [1.82, 2.24) is 15.2 Å². The van der Waals surface area contributed by atoms with Gasteiger partial charge in [0.1, 0.15) is 5.75 Å².